The number of piperidine rings is 2. The standard InChI is InChI=1S/C25H33F2N7O2/c1-17-14-21(32-23(30-17)34-11-6-25(26,27)7-12-34)31-22(36)18-15-20(28-8-13-35)29-16-19(18)33-9-4-24(2-3-24)5-10-33/h14-16,35H,2-13H2,1H3,(H,28,29)(H,30,31,32,36). The Morgan fingerprint density at radius 3 is 2.36 bits per heavy atom. The molecule has 0 aromatic carbocycles. The van der Waals surface area contributed by atoms with Crippen LogP contribution in [0.15, 0.2) is 18.3 Å². The lowest BCUT2D eigenvalue weighted by atomic mass is 9.93. The Morgan fingerprint density at radius 2 is 1.69 bits per heavy atom. The molecule has 1 saturated carbocycles. The molecule has 2 saturated heterocycles. The minimum atomic E-state index is -2.66. The zero-order valence-electron chi connectivity index (χ0n) is 20.6. The predicted octanol–water partition coefficient (Wildman–Crippen LogP) is 3.45. The highest BCUT2D eigenvalue weighted by Crippen LogP contribution is 2.54. The fraction of sp³-hybridized carbons (Fsp3) is 0.600. The molecular weight excluding hydrogens is 468 g/mol. The molecule has 0 radical (unpaired) electrons. The van der Waals surface area contributed by atoms with E-state index < -0.39 is 5.92 Å². The smallest absolute Gasteiger partial charge is 0.259 e. The van der Waals surface area contributed by atoms with Crippen molar-refractivity contribution in [2.45, 2.75) is 51.4 Å². The summed E-state index contributed by atoms with van der Waals surface area (Å²) in [7, 11) is 0. The Labute approximate surface area is 209 Å². The quantitative estimate of drug-likeness (QED) is 0.530. The monoisotopic (exact) mass is 501 g/mol. The van der Waals surface area contributed by atoms with Crippen molar-refractivity contribution in [2.24, 2.45) is 5.41 Å². The zero-order valence-corrected chi connectivity index (χ0v) is 20.6. The summed E-state index contributed by atoms with van der Waals surface area (Å²) in [5.41, 5.74) is 2.37. The summed E-state index contributed by atoms with van der Waals surface area (Å²) in [6, 6.07) is 3.37. The molecule has 3 fully saturated rings. The first-order valence-electron chi connectivity index (χ1n) is 12.7. The number of carbonyl (C=O) groups is 1. The average Bonchev–Trinajstić information content (AvgIpc) is 3.61. The van der Waals surface area contributed by atoms with Crippen LogP contribution in [0.4, 0.5) is 32.1 Å². The van der Waals surface area contributed by atoms with Crippen molar-refractivity contribution in [2.75, 3.05) is 59.8 Å². The van der Waals surface area contributed by atoms with Crippen molar-refractivity contribution < 1.29 is 18.7 Å². The van der Waals surface area contributed by atoms with E-state index in [2.05, 4.69) is 30.5 Å². The number of alkyl halides is 2. The van der Waals surface area contributed by atoms with Crippen LogP contribution in [0, 0.1) is 12.3 Å². The lowest BCUT2D eigenvalue weighted by molar-refractivity contribution is -0.0222. The fourth-order valence-electron chi connectivity index (χ4n) is 5.04. The summed E-state index contributed by atoms with van der Waals surface area (Å²) < 4.78 is 27.2. The van der Waals surface area contributed by atoms with Crippen LogP contribution in [0.2, 0.25) is 0 Å². The molecule has 9 nitrogen and oxygen atoms in total. The molecule has 0 atom stereocenters. The van der Waals surface area contributed by atoms with Gasteiger partial charge in [0.05, 0.1) is 24.1 Å². The van der Waals surface area contributed by atoms with Gasteiger partial charge in [0.15, 0.2) is 0 Å². The number of anilines is 4. The van der Waals surface area contributed by atoms with Crippen LogP contribution >= 0.6 is 0 Å². The van der Waals surface area contributed by atoms with Gasteiger partial charge in [-0.1, -0.05) is 0 Å². The Bertz CT molecular complexity index is 1110. The lowest BCUT2D eigenvalue weighted by Crippen LogP contribution is -2.40. The molecule has 2 aromatic rings. The molecule has 0 unspecified atom stereocenters. The van der Waals surface area contributed by atoms with Gasteiger partial charge in [0.1, 0.15) is 11.6 Å². The number of carbonyl (C=O) groups excluding carboxylic acids is 1. The second-order valence-corrected chi connectivity index (χ2v) is 10.2. The molecule has 3 aliphatic rings. The highest BCUT2D eigenvalue weighted by molar-refractivity contribution is 6.08. The summed E-state index contributed by atoms with van der Waals surface area (Å²) in [5, 5.41) is 15.1. The van der Waals surface area contributed by atoms with Gasteiger partial charge in [0, 0.05) is 57.3 Å². The molecule has 194 valence electrons. The van der Waals surface area contributed by atoms with Crippen LogP contribution in [0.25, 0.3) is 0 Å². The summed E-state index contributed by atoms with van der Waals surface area (Å²) in [4.78, 5) is 30.8. The maximum Gasteiger partial charge on any atom is 0.259 e. The first-order chi connectivity index (χ1) is 17.3. The third-order valence-electron chi connectivity index (χ3n) is 7.53. The van der Waals surface area contributed by atoms with Gasteiger partial charge in [-0.2, -0.15) is 4.98 Å². The maximum atomic E-state index is 13.6. The Balaban J connectivity index is 1.37. The Kier molecular flexibility index (Phi) is 6.67. The number of hydrogen-bond acceptors (Lipinski definition) is 8. The van der Waals surface area contributed by atoms with E-state index >= 15 is 0 Å². The topological polar surface area (TPSA) is 107 Å². The number of hydrogen-bond donors (Lipinski definition) is 3. The average molecular weight is 502 g/mol. The number of aliphatic hydroxyl groups excluding tert-OH is 1. The van der Waals surface area contributed by atoms with Gasteiger partial charge < -0.3 is 25.5 Å². The largest absolute Gasteiger partial charge is 0.395 e. The van der Waals surface area contributed by atoms with Gasteiger partial charge >= 0.3 is 0 Å². The summed E-state index contributed by atoms with van der Waals surface area (Å²) in [6.45, 7) is 4.13. The molecule has 4 heterocycles. The van der Waals surface area contributed by atoms with Crippen LogP contribution in [0.3, 0.4) is 0 Å². The van der Waals surface area contributed by atoms with Gasteiger partial charge in [-0.15, -0.1) is 0 Å². The van der Waals surface area contributed by atoms with E-state index in [-0.39, 0.29) is 38.4 Å². The third kappa shape index (κ3) is 5.50. The molecule has 1 aliphatic carbocycles. The molecule has 5 rings (SSSR count). The lowest BCUT2D eigenvalue weighted by Gasteiger charge is -2.34. The molecule has 11 heteroatoms. The normalized spacial score (nSPS) is 20.3. The number of rotatable bonds is 7. The van der Waals surface area contributed by atoms with Crippen molar-refractivity contribution in [3.05, 3.63) is 29.6 Å². The van der Waals surface area contributed by atoms with Gasteiger partial charge in [0.2, 0.25) is 5.95 Å². The van der Waals surface area contributed by atoms with Gasteiger partial charge in [0.25, 0.3) is 11.8 Å². The molecular formula is C25H33F2N7O2. The van der Waals surface area contributed by atoms with Crippen molar-refractivity contribution in [1.82, 2.24) is 15.0 Å². The number of pyridine rings is 1. The van der Waals surface area contributed by atoms with Gasteiger partial charge in [-0.05, 0) is 44.1 Å². The second kappa shape index (κ2) is 9.76. The van der Waals surface area contributed by atoms with Crippen molar-refractivity contribution in [3.8, 4) is 0 Å². The van der Waals surface area contributed by atoms with Crippen molar-refractivity contribution in [1.29, 1.82) is 0 Å². The zero-order chi connectivity index (χ0) is 25.3. The molecule has 2 aromatic heterocycles. The van der Waals surface area contributed by atoms with Crippen LogP contribution in [0.1, 0.15) is 54.6 Å². The number of nitrogens with zero attached hydrogens (tertiary/aromatic N) is 5. The fourth-order valence-corrected chi connectivity index (χ4v) is 5.04. The molecule has 36 heavy (non-hydrogen) atoms. The van der Waals surface area contributed by atoms with Crippen LogP contribution in [0.5, 0.6) is 0 Å². The van der Waals surface area contributed by atoms with E-state index in [1.165, 1.54) is 12.8 Å². The number of nitrogens with one attached hydrogen (secondary N) is 2. The van der Waals surface area contributed by atoms with E-state index in [1.807, 2.05) is 0 Å². The molecule has 0 bridgehead atoms. The van der Waals surface area contributed by atoms with Crippen molar-refractivity contribution in [3.63, 3.8) is 0 Å². The SMILES string of the molecule is Cc1cc(NC(=O)c2cc(NCCO)ncc2N2CCC3(CC2)CC3)nc(N2CCC(F)(F)CC2)n1. The van der Waals surface area contributed by atoms with E-state index in [1.54, 1.807) is 30.2 Å². The molecule has 1 spiro atoms. The second-order valence-electron chi connectivity index (χ2n) is 10.2. The van der Waals surface area contributed by atoms with Crippen LogP contribution < -0.4 is 20.4 Å². The maximum absolute atomic E-state index is 13.6. The Morgan fingerprint density at radius 1 is 1.00 bits per heavy atom. The summed E-state index contributed by atoms with van der Waals surface area (Å²) in [6.07, 6.45) is 6.04. The van der Waals surface area contributed by atoms with Crippen LogP contribution in [-0.2, 0) is 0 Å². The first kappa shape index (κ1) is 24.6. The van der Waals surface area contributed by atoms with Gasteiger partial charge in [-0.25, -0.2) is 18.7 Å². The number of amides is 1. The van der Waals surface area contributed by atoms with Crippen LogP contribution in [-0.4, -0.2) is 71.2 Å². The highest BCUT2D eigenvalue weighted by atomic mass is 19.3. The summed E-state index contributed by atoms with van der Waals surface area (Å²) >= 11 is 0. The minimum absolute atomic E-state index is 0.0510. The van der Waals surface area contributed by atoms with Crippen molar-refractivity contribution >= 4 is 29.2 Å². The summed E-state index contributed by atoms with van der Waals surface area (Å²) in [5.74, 6) is -1.83. The van der Waals surface area contributed by atoms with E-state index in [9.17, 15) is 13.6 Å². The first-order valence-corrected chi connectivity index (χ1v) is 12.7. The highest BCUT2D eigenvalue weighted by Gasteiger charge is 2.44. The predicted molar refractivity (Wildman–Crippen MR) is 134 cm³/mol. The van der Waals surface area contributed by atoms with Gasteiger partial charge in [-0.3, -0.25) is 4.79 Å². The molecule has 1 amide bonds. The molecule has 3 N–H and O–H groups in total. The number of aryl methyl sites for hydroxylation is 1. The van der Waals surface area contributed by atoms with E-state index in [0.29, 0.717) is 40.8 Å². The van der Waals surface area contributed by atoms with E-state index in [0.717, 1.165) is 31.6 Å². The van der Waals surface area contributed by atoms with E-state index in [4.69, 9.17) is 5.11 Å². The number of aliphatic hydroxyl groups is 1. The Hall–Kier alpha value is -3.08. The minimum Gasteiger partial charge on any atom is -0.395 e. The number of aromatic nitrogens is 3. The third-order valence-corrected chi connectivity index (χ3v) is 7.53. The number of halogens is 2. The molecule has 2 aliphatic heterocycles.